The molecule has 0 aliphatic heterocycles. The Labute approximate surface area is 244 Å². The van der Waals surface area contributed by atoms with Crippen LogP contribution in [0.4, 0.5) is 0 Å². The first kappa shape index (κ1) is 30.7. The molecular weight excluding hydrogens is 512 g/mol. The highest BCUT2D eigenvalue weighted by molar-refractivity contribution is 5.84. The van der Waals surface area contributed by atoms with Gasteiger partial charge in [0.1, 0.15) is 29.0 Å². The van der Waals surface area contributed by atoms with Crippen LogP contribution in [0.25, 0.3) is 11.0 Å². The normalized spacial score (nSPS) is 13.7. The summed E-state index contributed by atoms with van der Waals surface area (Å²) in [6, 6.07) is 14.6. The van der Waals surface area contributed by atoms with Gasteiger partial charge in [-0.25, -0.2) is 0 Å². The Morgan fingerprint density at radius 2 is 1.78 bits per heavy atom. The number of furan rings is 1. The number of rotatable bonds is 13. The van der Waals surface area contributed by atoms with Crippen molar-refractivity contribution in [3.05, 3.63) is 87.5 Å². The van der Waals surface area contributed by atoms with Gasteiger partial charge in [0, 0.05) is 23.8 Å². The number of hydrogen-bond acceptors (Lipinski definition) is 6. The summed E-state index contributed by atoms with van der Waals surface area (Å²) in [5.74, 6) is 2.43. The topological polar surface area (TPSA) is 91.5 Å². The molecule has 2 heterocycles. The number of Topliss-reactive ketones (excluding diaryl/α,β-unsaturated/α-hetero) is 1. The van der Waals surface area contributed by atoms with Gasteiger partial charge in [0.15, 0.2) is 0 Å². The minimum Gasteiger partial charge on any atom is -0.458 e. The van der Waals surface area contributed by atoms with E-state index in [1.807, 2.05) is 45.9 Å². The highest BCUT2D eigenvalue weighted by Crippen LogP contribution is 2.36. The van der Waals surface area contributed by atoms with Crippen LogP contribution in [-0.4, -0.2) is 23.1 Å². The quantitative estimate of drug-likeness (QED) is 0.178. The lowest BCUT2D eigenvalue weighted by atomic mass is 9.84. The summed E-state index contributed by atoms with van der Waals surface area (Å²) < 4.78 is 18.0. The summed E-state index contributed by atoms with van der Waals surface area (Å²) in [5, 5.41) is 5.05. The van der Waals surface area contributed by atoms with Crippen molar-refractivity contribution in [2.45, 2.75) is 98.6 Å². The Hall–Kier alpha value is -3.22. The molecule has 0 fully saturated rings. The van der Waals surface area contributed by atoms with E-state index in [4.69, 9.17) is 19.4 Å². The number of nitrogens with zero attached hydrogens (tertiary/aromatic N) is 1. The van der Waals surface area contributed by atoms with Gasteiger partial charge in [-0.2, -0.15) is 0 Å². The van der Waals surface area contributed by atoms with Crippen molar-refractivity contribution in [2.24, 2.45) is 11.7 Å². The minimum atomic E-state index is -0.513. The Balaban J connectivity index is 1.55. The molecule has 2 atom stereocenters. The van der Waals surface area contributed by atoms with Crippen LogP contribution in [-0.2, 0) is 16.0 Å². The maximum atomic E-state index is 13.4. The molecular formula is C35H46N2O4. The Kier molecular flexibility index (Phi) is 9.55. The maximum absolute atomic E-state index is 13.4. The number of ether oxygens (including phenoxy) is 1. The molecule has 0 saturated carbocycles. The second-order valence-electron chi connectivity index (χ2n) is 12.9. The fourth-order valence-corrected chi connectivity index (χ4v) is 5.58. The molecule has 2 aromatic heterocycles. The van der Waals surface area contributed by atoms with Crippen LogP contribution in [0.5, 0.6) is 0 Å². The molecule has 0 aliphatic carbocycles. The molecule has 0 saturated heterocycles. The van der Waals surface area contributed by atoms with Gasteiger partial charge in [-0.05, 0) is 94.7 Å². The number of carbonyl (C=O) groups is 1. The maximum Gasteiger partial charge on any atom is 0.145 e. The van der Waals surface area contributed by atoms with Gasteiger partial charge >= 0.3 is 0 Å². The van der Waals surface area contributed by atoms with Gasteiger partial charge in [0.05, 0.1) is 17.9 Å². The van der Waals surface area contributed by atoms with Gasteiger partial charge in [0.2, 0.25) is 0 Å². The molecule has 6 heteroatoms. The standard InChI is InChI=1S/C35H46N2O4/c1-21(2)9-12-27(30-13-10-22(3)15-23(30)4)18-29(38)17-26-11-14-31-28(16-26)19-32(40-31)34(39-20-35(7,8)36)33-24(5)37-41-25(33)6/h10-11,13-16,19,21,27,34H,9,12,17-18,20,36H2,1-8H3. The van der Waals surface area contributed by atoms with Crippen LogP contribution in [0.3, 0.4) is 0 Å². The molecule has 0 amide bonds. The fourth-order valence-electron chi connectivity index (χ4n) is 5.58. The number of hydrogen-bond donors (Lipinski definition) is 1. The molecule has 2 N–H and O–H groups in total. The van der Waals surface area contributed by atoms with Crippen LogP contribution in [0.1, 0.15) is 104 Å². The van der Waals surface area contributed by atoms with Crippen molar-refractivity contribution in [1.82, 2.24) is 5.16 Å². The van der Waals surface area contributed by atoms with Crippen LogP contribution in [0.15, 0.2) is 51.4 Å². The van der Waals surface area contributed by atoms with E-state index in [-0.39, 0.29) is 11.7 Å². The minimum absolute atomic E-state index is 0.231. The van der Waals surface area contributed by atoms with Crippen LogP contribution in [0, 0.1) is 33.6 Å². The molecule has 0 spiro atoms. The molecule has 4 aromatic rings. The highest BCUT2D eigenvalue weighted by Gasteiger charge is 2.28. The fraction of sp³-hybridized carbons (Fsp3) is 0.486. The van der Waals surface area contributed by atoms with Gasteiger partial charge < -0.3 is 19.4 Å². The predicted octanol–water partition coefficient (Wildman–Crippen LogP) is 8.22. The van der Waals surface area contributed by atoms with E-state index in [1.165, 1.54) is 16.7 Å². The lowest BCUT2D eigenvalue weighted by molar-refractivity contribution is -0.118. The number of nitrogens with two attached hydrogens (primary N) is 1. The van der Waals surface area contributed by atoms with E-state index in [0.29, 0.717) is 36.9 Å². The molecule has 2 unspecified atom stereocenters. The zero-order valence-corrected chi connectivity index (χ0v) is 26.0. The largest absolute Gasteiger partial charge is 0.458 e. The van der Waals surface area contributed by atoms with E-state index in [2.05, 4.69) is 57.1 Å². The molecule has 0 bridgehead atoms. The van der Waals surface area contributed by atoms with E-state index < -0.39 is 11.6 Å². The third kappa shape index (κ3) is 7.96. The van der Waals surface area contributed by atoms with Crippen LogP contribution >= 0.6 is 0 Å². The second kappa shape index (κ2) is 12.7. The monoisotopic (exact) mass is 558 g/mol. The zero-order valence-electron chi connectivity index (χ0n) is 26.0. The van der Waals surface area contributed by atoms with Gasteiger partial charge in [-0.15, -0.1) is 0 Å². The van der Waals surface area contributed by atoms with E-state index in [9.17, 15) is 4.79 Å². The summed E-state index contributed by atoms with van der Waals surface area (Å²) in [6.07, 6.45) is 2.55. The number of carbonyl (C=O) groups excluding carboxylic acids is 1. The Bertz CT molecular complexity index is 1470. The third-order valence-corrected chi connectivity index (χ3v) is 7.66. The van der Waals surface area contributed by atoms with E-state index in [0.717, 1.165) is 40.6 Å². The average Bonchev–Trinajstić information content (AvgIpc) is 3.44. The van der Waals surface area contributed by atoms with Crippen molar-refractivity contribution >= 4 is 16.8 Å². The average molecular weight is 559 g/mol. The summed E-state index contributed by atoms with van der Waals surface area (Å²) in [6.45, 7) is 16.7. The number of aryl methyl sites for hydroxylation is 4. The van der Waals surface area contributed by atoms with Gasteiger partial charge in [-0.3, -0.25) is 4.79 Å². The number of ketones is 1. The molecule has 0 aliphatic rings. The van der Waals surface area contributed by atoms with E-state index >= 15 is 0 Å². The van der Waals surface area contributed by atoms with Crippen molar-refractivity contribution < 1.29 is 18.5 Å². The highest BCUT2D eigenvalue weighted by atomic mass is 16.5. The lowest BCUT2D eigenvalue weighted by Crippen LogP contribution is -2.38. The Morgan fingerprint density at radius 1 is 1.02 bits per heavy atom. The smallest absolute Gasteiger partial charge is 0.145 e. The van der Waals surface area contributed by atoms with Crippen molar-refractivity contribution in [3.63, 3.8) is 0 Å². The first-order valence-electron chi connectivity index (χ1n) is 14.7. The third-order valence-electron chi connectivity index (χ3n) is 7.66. The van der Waals surface area contributed by atoms with Crippen molar-refractivity contribution in [2.75, 3.05) is 6.61 Å². The summed E-state index contributed by atoms with van der Waals surface area (Å²) in [5.41, 5.74) is 12.9. The Morgan fingerprint density at radius 3 is 2.41 bits per heavy atom. The van der Waals surface area contributed by atoms with Crippen molar-refractivity contribution in [3.8, 4) is 0 Å². The molecule has 220 valence electrons. The van der Waals surface area contributed by atoms with Gasteiger partial charge in [-0.1, -0.05) is 55.3 Å². The summed E-state index contributed by atoms with van der Waals surface area (Å²) in [7, 11) is 0. The summed E-state index contributed by atoms with van der Waals surface area (Å²) in [4.78, 5) is 13.4. The summed E-state index contributed by atoms with van der Waals surface area (Å²) >= 11 is 0. The van der Waals surface area contributed by atoms with Gasteiger partial charge in [0.25, 0.3) is 0 Å². The molecule has 2 aromatic carbocycles. The van der Waals surface area contributed by atoms with Crippen molar-refractivity contribution in [1.29, 1.82) is 0 Å². The number of fused-ring (bicyclic) bond motifs is 1. The number of aromatic nitrogens is 1. The first-order chi connectivity index (χ1) is 19.3. The lowest BCUT2D eigenvalue weighted by Gasteiger charge is -2.23. The molecule has 41 heavy (non-hydrogen) atoms. The van der Waals surface area contributed by atoms with Crippen LogP contribution in [0.2, 0.25) is 0 Å². The SMILES string of the molecule is Cc1ccc(C(CCC(C)C)CC(=O)Cc2ccc3oc(C(OCC(C)(C)N)c4c(C)noc4C)cc3c2)c(C)c1. The first-order valence-corrected chi connectivity index (χ1v) is 14.7. The predicted molar refractivity (Wildman–Crippen MR) is 164 cm³/mol. The second-order valence-corrected chi connectivity index (χ2v) is 12.9. The molecule has 0 radical (unpaired) electrons. The molecule has 4 rings (SSSR count). The number of benzene rings is 2. The van der Waals surface area contributed by atoms with E-state index in [1.54, 1.807) is 0 Å². The van der Waals surface area contributed by atoms with Crippen LogP contribution < -0.4 is 5.73 Å². The molecule has 6 nitrogen and oxygen atoms in total. The zero-order chi connectivity index (χ0) is 29.9.